The minimum atomic E-state index is -2.54. The largest absolute Gasteiger partial charge is 0.280 e. The van der Waals surface area contributed by atoms with Crippen molar-refractivity contribution in [1.29, 1.82) is 0 Å². The van der Waals surface area contributed by atoms with Gasteiger partial charge in [-0.05, 0) is 43.5 Å². The Morgan fingerprint density at radius 1 is 1.38 bits per heavy atom. The lowest BCUT2D eigenvalue weighted by molar-refractivity contribution is 0.145. The summed E-state index contributed by atoms with van der Waals surface area (Å²) in [6, 6.07) is 1.62. The van der Waals surface area contributed by atoms with Crippen molar-refractivity contribution in [3.63, 3.8) is 0 Å². The van der Waals surface area contributed by atoms with Gasteiger partial charge in [-0.2, -0.15) is 0 Å². The molecule has 0 spiro atoms. The molecule has 0 saturated carbocycles. The fourth-order valence-electron chi connectivity index (χ4n) is 0.813. The average molecular weight is 380 g/mol. The van der Waals surface area contributed by atoms with Gasteiger partial charge in [0.1, 0.15) is 10.3 Å². The molecule has 0 aliphatic rings. The van der Waals surface area contributed by atoms with Gasteiger partial charge in [0.2, 0.25) is 0 Å². The van der Waals surface area contributed by atoms with Crippen molar-refractivity contribution in [3.8, 4) is 0 Å². The molecule has 0 amide bonds. The van der Waals surface area contributed by atoms with Crippen molar-refractivity contribution < 1.29 is 8.78 Å². The molecule has 0 aliphatic carbocycles. The molecule has 13 heavy (non-hydrogen) atoms. The van der Waals surface area contributed by atoms with E-state index in [0.717, 1.165) is 0 Å². The Labute approximate surface area is 99.3 Å². The maximum absolute atomic E-state index is 12.4. The molecule has 0 atom stereocenters. The summed E-state index contributed by atoms with van der Waals surface area (Å²) < 4.78 is 25.9. The van der Waals surface area contributed by atoms with Gasteiger partial charge in [0.25, 0.3) is 6.43 Å². The van der Waals surface area contributed by atoms with E-state index in [1.807, 2.05) is 0 Å². The topological polar surface area (TPSA) is 12.9 Å². The first-order valence-corrected chi connectivity index (χ1v) is 5.96. The SMILES string of the molecule is FC(F)c1nc(Br)c(Br)cc1CBr. The number of nitrogens with zero attached hydrogens (tertiary/aromatic N) is 1. The Kier molecular flexibility index (Phi) is 4.25. The second-order valence-corrected chi connectivity index (χ2v) is 4.41. The van der Waals surface area contributed by atoms with Gasteiger partial charge in [0, 0.05) is 5.33 Å². The summed E-state index contributed by atoms with van der Waals surface area (Å²) in [6.07, 6.45) is -2.54. The first-order chi connectivity index (χ1) is 6.06. The molecular weight excluding hydrogens is 376 g/mol. The van der Waals surface area contributed by atoms with E-state index in [2.05, 4.69) is 52.8 Å². The predicted molar refractivity (Wildman–Crippen MR) is 57.2 cm³/mol. The Morgan fingerprint density at radius 3 is 2.46 bits per heavy atom. The molecule has 72 valence electrons. The zero-order valence-electron chi connectivity index (χ0n) is 6.20. The molecule has 1 aromatic heterocycles. The fourth-order valence-corrected chi connectivity index (χ4v) is 1.93. The van der Waals surface area contributed by atoms with Crippen LogP contribution in [0, 0.1) is 0 Å². The highest BCUT2D eigenvalue weighted by Gasteiger charge is 2.16. The molecule has 0 fully saturated rings. The standard InChI is InChI=1S/C7H4Br3F2N/c8-2-3-1-4(9)6(10)13-5(3)7(11)12/h1,7H,2H2. The molecule has 1 aromatic rings. The first kappa shape index (κ1) is 11.5. The minimum absolute atomic E-state index is 0.188. The van der Waals surface area contributed by atoms with Crippen LogP contribution in [0.15, 0.2) is 15.1 Å². The van der Waals surface area contributed by atoms with Crippen LogP contribution in [-0.4, -0.2) is 4.98 Å². The lowest BCUT2D eigenvalue weighted by Gasteiger charge is -2.06. The molecular formula is C7H4Br3F2N. The molecule has 6 heteroatoms. The average Bonchev–Trinajstić information content (AvgIpc) is 2.08. The van der Waals surface area contributed by atoms with Gasteiger partial charge in [-0.1, -0.05) is 15.9 Å². The fraction of sp³-hybridized carbons (Fsp3) is 0.286. The maximum atomic E-state index is 12.4. The van der Waals surface area contributed by atoms with Gasteiger partial charge >= 0.3 is 0 Å². The summed E-state index contributed by atoms with van der Waals surface area (Å²) in [5, 5.41) is 0.367. The predicted octanol–water partition coefficient (Wildman–Crippen LogP) is 4.44. The van der Waals surface area contributed by atoms with Gasteiger partial charge in [0.05, 0.1) is 4.47 Å². The van der Waals surface area contributed by atoms with Gasteiger partial charge in [-0.15, -0.1) is 0 Å². The Hall–Kier alpha value is 0.450. The van der Waals surface area contributed by atoms with Crippen LogP contribution < -0.4 is 0 Å². The number of alkyl halides is 3. The second-order valence-electron chi connectivity index (χ2n) is 2.24. The zero-order valence-corrected chi connectivity index (χ0v) is 11.0. The summed E-state index contributed by atoms with van der Waals surface area (Å²) in [5.41, 5.74) is 0.303. The molecule has 0 unspecified atom stereocenters. The van der Waals surface area contributed by atoms with Gasteiger partial charge in [0.15, 0.2) is 0 Å². The van der Waals surface area contributed by atoms with Crippen molar-refractivity contribution >= 4 is 47.8 Å². The maximum Gasteiger partial charge on any atom is 0.280 e. The van der Waals surface area contributed by atoms with E-state index in [4.69, 9.17) is 0 Å². The van der Waals surface area contributed by atoms with Crippen LogP contribution >= 0.6 is 47.8 Å². The minimum Gasteiger partial charge on any atom is -0.238 e. The van der Waals surface area contributed by atoms with Crippen LogP contribution in [0.3, 0.4) is 0 Å². The molecule has 1 heterocycles. The van der Waals surface area contributed by atoms with E-state index in [-0.39, 0.29) is 5.69 Å². The van der Waals surface area contributed by atoms with E-state index in [9.17, 15) is 8.78 Å². The summed E-state index contributed by atoms with van der Waals surface area (Å²) in [4.78, 5) is 3.73. The van der Waals surface area contributed by atoms with Crippen molar-refractivity contribution in [2.45, 2.75) is 11.8 Å². The number of hydrogen-bond donors (Lipinski definition) is 0. The number of hydrogen-bond acceptors (Lipinski definition) is 1. The molecule has 0 aromatic carbocycles. The summed E-state index contributed by atoms with van der Waals surface area (Å²) in [7, 11) is 0. The zero-order chi connectivity index (χ0) is 10.0. The number of halogens is 5. The van der Waals surface area contributed by atoms with Crippen LogP contribution in [0.4, 0.5) is 8.78 Å². The quantitative estimate of drug-likeness (QED) is 0.547. The van der Waals surface area contributed by atoms with Gasteiger partial charge in [-0.25, -0.2) is 13.8 Å². The number of rotatable bonds is 2. The summed E-state index contributed by atoms with van der Waals surface area (Å²) in [6.45, 7) is 0. The van der Waals surface area contributed by atoms with Crippen LogP contribution in [0.5, 0.6) is 0 Å². The third-order valence-electron chi connectivity index (χ3n) is 1.40. The third kappa shape index (κ3) is 2.70. The van der Waals surface area contributed by atoms with Crippen molar-refractivity contribution in [3.05, 3.63) is 26.4 Å². The third-order valence-corrected chi connectivity index (χ3v) is 3.74. The van der Waals surface area contributed by atoms with E-state index in [0.29, 0.717) is 20.0 Å². The van der Waals surface area contributed by atoms with E-state index in [1.165, 1.54) is 0 Å². The molecule has 0 bridgehead atoms. The molecule has 1 nitrogen and oxygen atoms in total. The van der Waals surface area contributed by atoms with Gasteiger partial charge in [-0.3, -0.25) is 0 Å². The van der Waals surface area contributed by atoms with Crippen LogP contribution in [0.2, 0.25) is 0 Å². The first-order valence-electron chi connectivity index (χ1n) is 3.25. The Morgan fingerprint density at radius 2 is 2.00 bits per heavy atom. The monoisotopic (exact) mass is 377 g/mol. The van der Waals surface area contributed by atoms with Crippen molar-refractivity contribution in [2.24, 2.45) is 0 Å². The van der Waals surface area contributed by atoms with Gasteiger partial charge < -0.3 is 0 Å². The van der Waals surface area contributed by atoms with Crippen molar-refractivity contribution in [2.75, 3.05) is 0 Å². The Balaban J connectivity index is 3.25. The van der Waals surface area contributed by atoms with Crippen LogP contribution in [0.1, 0.15) is 17.7 Å². The van der Waals surface area contributed by atoms with Crippen LogP contribution in [0.25, 0.3) is 0 Å². The lowest BCUT2D eigenvalue weighted by Crippen LogP contribution is -1.97. The summed E-state index contributed by atoms with van der Waals surface area (Å²) in [5.74, 6) is 0. The normalized spacial score (nSPS) is 10.9. The van der Waals surface area contributed by atoms with Crippen molar-refractivity contribution in [1.82, 2.24) is 4.98 Å². The van der Waals surface area contributed by atoms with Crippen LogP contribution in [-0.2, 0) is 5.33 Å². The van der Waals surface area contributed by atoms with E-state index < -0.39 is 6.43 Å². The highest BCUT2D eigenvalue weighted by Crippen LogP contribution is 2.29. The molecule has 0 N–H and O–H groups in total. The van der Waals surface area contributed by atoms with E-state index >= 15 is 0 Å². The lowest BCUT2D eigenvalue weighted by atomic mass is 10.2. The second kappa shape index (κ2) is 4.79. The molecule has 0 saturated heterocycles. The number of aromatic nitrogens is 1. The molecule has 0 aliphatic heterocycles. The molecule has 1 rings (SSSR count). The highest BCUT2D eigenvalue weighted by atomic mass is 79.9. The summed E-state index contributed by atoms with van der Waals surface area (Å²) >= 11 is 9.39. The smallest absolute Gasteiger partial charge is 0.238 e. The molecule has 0 radical (unpaired) electrons. The number of pyridine rings is 1. The highest BCUT2D eigenvalue weighted by molar-refractivity contribution is 9.13. The Bertz CT molecular complexity index is 317. The van der Waals surface area contributed by atoms with E-state index in [1.54, 1.807) is 6.07 Å².